The lowest BCUT2D eigenvalue weighted by Gasteiger charge is -2.16. The number of carbonyl (C=O) groups is 2. The lowest BCUT2D eigenvalue weighted by atomic mass is 10.1. The molecule has 5 nitrogen and oxygen atoms in total. The molecule has 2 aromatic rings. The average molecular weight is 363 g/mol. The average Bonchev–Trinajstić information content (AvgIpc) is 3.00. The number of anilines is 2. The van der Waals surface area contributed by atoms with Crippen molar-refractivity contribution >= 4 is 23.2 Å². The molecule has 2 amide bonds. The van der Waals surface area contributed by atoms with E-state index in [1.807, 2.05) is 0 Å². The Bertz CT molecular complexity index is 848. The summed E-state index contributed by atoms with van der Waals surface area (Å²) < 4.78 is 37.9. The number of nitrogens with zero attached hydrogens (tertiary/aromatic N) is 2. The molecule has 0 saturated carbocycles. The summed E-state index contributed by atoms with van der Waals surface area (Å²) in [6.07, 6.45) is -3.21. The number of rotatable bonds is 3. The molecule has 0 unspecified atom stereocenters. The SMILES string of the molecule is Cc1nc(C(F)(F)F)ccc1C(=O)Nc1ccc(N2CCCC2=O)cc1. The summed E-state index contributed by atoms with van der Waals surface area (Å²) >= 11 is 0. The van der Waals surface area contributed by atoms with Crippen LogP contribution in [0.4, 0.5) is 24.5 Å². The Morgan fingerprint density at radius 1 is 1.15 bits per heavy atom. The summed E-state index contributed by atoms with van der Waals surface area (Å²) in [6.45, 7) is 2.02. The zero-order chi connectivity index (χ0) is 18.9. The van der Waals surface area contributed by atoms with Gasteiger partial charge in [0.1, 0.15) is 5.69 Å². The van der Waals surface area contributed by atoms with Crippen LogP contribution in [0.25, 0.3) is 0 Å². The highest BCUT2D eigenvalue weighted by atomic mass is 19.4. The Hall–Kier alpha value is -2.90. The monoisotopic (exact) mass is 363 g/mol. The summed E-state index contributed by atoms with van der Waals surface area (Å²) in [5.41, 5.74) is 0.252. The van der Waals surface area contributed by atoms with Crippen LogP contribution in [-0.4, -0.2) is 23.3 Å². The number of alkyl halides is 3. The first-order valence-corrected chi connectivity index (χ1v) is 8.02. The Balaban J connectivity index is 1.73. The minimum atomic E-state index is -4.55. The zero-order valence-electron chi connectivity index (χ0n) is 13.9. The Morgan fingerprint density at radius 3 is 2.38 bits per heavy atom. The fraction of sp³-hybridized carbons (Fsp3) is 0.278. The maximum atomic E-state index is 12.6. The maximum absolute atomic E-state index is 12.6. The van der Waals surface area contributed by atoms with E-state index in [1.165, 1.54) is 6.92 Å². The van der Waals surface area contributed by atoms with Crippen LogP contribution >= 0.6 is 0 Å². The predicted molar refractivity (Wildman–Crippen MR) is 90.0 cm³/mol. The van der Waals surface area contributed by atoms with Gasteiger partial charge in [0.2, 0.25) is 5.91 Å². The van der Waals surface area contributed by atoms with Crippen LogP contribution in [0.5, 0.6) is 0 Å². The Morgan fingerprint density at radius 2 is 1.85 bits per heavy atom. The fourth-order valence-corrected chi connectivity index (χ4v) is 2.80. The number of carbonyl (C=O) groups excluding carboxylic acids is 2. The van der Waals surface area contributed by atoms with Gasteiger partial charge in [-0.25, -0.2) is 4.98 Å². The molecule has 0 radical (unpaired) electrons. The van der Waals surface area contributed by atoms with Crippen LogP contribution in [0.1, 0.15) is 34.6 Å². The summed E-state index contributed by atoms with van der Waals surface area (Å²) in [5, 5.41) is 2.62. The summed E-state index contributed by atoms with van der Waals surface area (Å²) in [6, 6.07) is 8.62. The molecular formula is C18H16F3N3O2. The molecule has 1 saturated heterocycles. The summed E-state index contributed by atoms with van der Waals surface area (Å²) in [5.74, 6) is -0.484. The molecule has 1 aliphatic heterocycles. The second-order valence-electron chi connectivity index (χ2n) is 5.98. The Labute approximate surface area is 147 Å². The number of amides is 2. The number of aryl methyl sites for hydroxylation is 1. The van der Waals surface area contributed by atoms with Crippen molar-refractivity contribution in [1.29, 1.82) is 0 Å². The maximum Gasteiger partial charge on any atom is 0.433 e. The molecule has 1 aromatic heterocycles. The van der Waals surface area contributed by atoms with Crippen molar-refractivity contribution in [1.82, 2.24) is 4.98 Å². The predicted octanol–water partition coefficient (Wildman–Crippen LogP) is 3.79. The van der Waals surface area contributed by atoms with Gasteiger partial charge in [0.15, 0.2) is 0 Å². The largest absolute Gasteiger partial charge is 0.433 e. The lowest BCUT2D eigenvalue weighted by Crippen LogP contribution is -2.23. The molecule has 0 spiro atoms. The third-order valence-corrected chi connectivity index (χ3v) is 4.13. The van der Waals surface area contributed by atoms with Gasteiger partial charge in [0.25, 0.3) is 5.91 Å². The second kappa shape index (κ2) is 6.78. The normalized spacial score (nSPS) is 14.6. The van der Waals surface area contributed by atoms with Crippen LogP contribution in [-0.2, 0) is 11.0 Å². The van der Waals surface area contributed by atoms with E-state index in [0.29, 0.717) is 18.7 Å². The van der Waals surface area contributed by atoms with Crippen molar-refractivity contribution in [3.8, 4) is 0 Å². The van der Waals surface area contributed by atoms with Crippen LogP contribution in [0.3, 0.4) is 0 Å². The molecule has 1 aliphatic rings. The minimum Gasteiger partial charge on any atom is -0.322 e. The van der Waals surface area contributed by atoms with E-state index in [4.69, 9.17) is 0 Å². The van der Waals surface area contributed by atoms with E-state index in [-0.39, 0.29) is 17.2 Å². The number of pyridine rings is 1. The van der Waals surface area contributed by atoms with Crippen molar-refractivity contribution < 1.29 is 22.8 Å². The van der Waals surface area contributed by atoms with Gasteiger partial charge in [0.05, 0.1) is 11.3 Å². The van der Waals surface area contributed by atoms with Crippen LogP contribution in [0.2, 0.25) is 0 Å². The molecule has 0 atom stereocenters. The van der Waals surface area contributed by atoms with Crippen molar-refractivity contribution in [2.24, 2.45) is 0 Å². The molecule has 1 N–H and O–H groups in total. The van der Waals surface area contributed by atoms with Gasteiger partial charge in [-0.2, -0.15) is 13.2 Å². The van der Waals surface area contributed by atoms with Crippen LogP contribution in [0, 0.1) is 6.92 Å². The zero-order valence-corrected chi connectivity index (χ0v) is 13.9. The summed E-state index contributed by atoms with van der Waals surface area (Å²) in [7, 11) is 0. The highest BCUT2D eigenvalue weighted by Crippen LogP contribution is 2.28. The molecule has 8 heteroatoms. The minimum absolute atomic E-state index is 0.00314. The van der Waals surface area contributed by atoms with E-state index in [0.717, 1.165) is 24.2 Å². The molecule has 3 rings (SSSR count). The molecule has 0 aliphatic carbocycles. The molecule has 26 heavy (non-hydrogen) atoms. The molecule has 136 valence electrons. The van der Waals surface area contributed by atoms with Gasteiger partial charge in [-0.15, -0.1) is 0 Å². The van der Waals surface area contributed by atoms with Gasteiger partial charge in [0, 0.05) is 24.3 Å². The van der Waals surface area contributed by atoms with E-state index >= 15 is 0 Å². The van der Waals surface area contributed by atoms with Crippen LogP contribution in [0.15, 0.2) is 36.4 Å². The molecule has 2 heterocycles. The van der Waals surface area contributed by atoms with Gasteiger partial charge >= 0.3 is 6.18 Å². The first kappa shape index (κ1) is 17.9. The molecule has 0 bridgehead atoms. The first-order valence-electron chi connectivity index (χ1n) is 8.02. The van der Waals surface area contributed by atoms with Crippen molar-refractivity contribution in [2.45, 2.75) is 25.9 Å². The van der Waals surface area contributed by atoms with E-state index in [9.17, 15) is 22.8 Å². The molecule has 1 aromatic carbocycles. The second-order valence-corrected chi connectivity index (χ2v) is 5.98. The van der Waals surface area contributed by atoms with Gasteiger partial charge < -0.3 is 10.2 Å². The number of hydrogen-bond acceptors (Lipinski definition) is 3. The topological polar surface area (TPSA) is 62.3 Å². The third-order valence-electron chi connectivity index (χ3n) is 4.13. The van der Waals surface area contributed by atoms with Crippen LogP contribution < -0.4 is 10.2 Å². The van der Waals surface area contributed by atoms with Gasteiger partial charge in [-0.3, -0.25) is 9.59 Å². The van der Waals surface area contributed by atoms with Crippen molar-refractivity contribution in [3.05, 3.63) is 53.3 Å². The lowest BCUT2D eigenvalue weighted by molar-refractivity contribution is -0.141. The molecular weight excluding hydrogens is 347 g/mol. The fourth-order valence-electron chi connectivity index (χ4n) is 2.80. The third kappa shape index (κ3) is 3.68. The van der Waals surface area contributed by atoms with Crippen molar-refractivity contribution in [3.63, 3.8) is 0 Å². The number of hydrogen-bond donors (Lipinski definition) is 1. The number of aromatic nitrogens is 1. The number of nitrogens with one attached hydrogen (secondary N) is 1. The standard InChI is InChI=1S/C18H16F3N3O2/c1-11-14(8-9-15(22-11)18(19,20)21)17(26)23-12-4-6-13(7-5-12)24-10-2-3-16(24)25/h4-9H,2-3,10H2,1H3,(H,23,26). The van der Waals surface area contributed by atoms with Crippen molar-refractivity contribution in [2.75, 3.05) is 16.8 Å². The first-order chi connectivity index (χ1) is 12.3. The quantitative estimate of drug-likeness (QED) is 0.903. The van der Waals surface area contributed by atoms with E-state index in [1.54, 1.807) is 29.2 Å². The highest BCUT2D eigenvalue weighted by Gasteiger charge is 2.33. The smallest absolute Gasteiger partial charge is 0.322 e. The van der Waals surface area contributed by atoms with E-state index < -0.39 is 17.8 Å². The van der Waals surface area contributed by atoms with Gasteiger partial charge in [-0.1, -0.05) is 0 Å². The number of halogens is 3. The van der Waals surface area contributed by atoms with E-state index in [2.05, 4.69) is 10.3 Å². The highest BCUT2D eigenvalue weighted by molar-refractivity contribution is 6.05. The summed E-state index contributed by atoms with van der Waals surface area (Å²) in [4.78, 5) is 29.1. The van der Waals surface area contributed by atoms with Gasteiger partial charge in [-0.05, 0) is 49.7 Å². The number of benzene rings is 1. The molecule has 1 fully saturated rings. The Kier molecular flexibility index (Phi) is 4.67.